The minimum Gasteiger partial charge on any atom is -0.453 e. The highest BCUT2D eigenvalue weighted by Crippen LogP contribution is 2.32. The molecule has 1 fully saturated rings. The molecule has 13 nitrogen and oxygen atoms in total. The molecule has 0 saturated carbocycles. The maximum absolute atomic E-state index is 13.5. The molecule has 1 unspecified atom stereocenters. The van der Waals surface area contributed by atoms with Gasteiger partial charge in [0.2, 0.25) is 11.8 Å². The molecule has 0 aliphatic carbocycles. The number of methoxy groups -OCH3 is 1. The third-order valence-electron chi connectivity index (χ3n) is 7.96. The first kappa shape index (κ1) is 34.5. The third kappa shape index (κ3) is 8.72. The van der Waals surface area contributed by atoms with E-state index in [4.69, 9.17) is 23.2 Å². The van der Waals surface area contributed by atoms with Gasteiger partial charge in [0, 0.05) is 46.9 Å². The standard InChI is InChI=1S/C33H35Cl2N9O4/c1-20(2)32(46)43-14-4-5-21(18-43)15-27(38-30(45)13-8-23-16-24(34)9-12-29(23)44-19-36-41-42-44)28-17-26(31(35)40-39-28)22-6-10-25(11-7-22)37-33(47)48-3/h6-13,16-17,19-21,27H,4-5,14-15,18H2,1-3H3,(H,37,47)(H,38,45)/t21-,27?/m0/s1. The van der Waals surface area contributed by atoms with Crippen molar-refractivity contribution in [3.05, 3.63) is 82.4 Å². The number of tetrazole rings is 1. The molecule has 2 N–H and O–H groups in total. The van der Waals surface area contributed by atoms with E-state index in [0.717, 1.165) is 18.4 Å². The zero-order valence-electron chi connectivity index (χ0n) is 26.6. The molecule has 2 aromatic carbocycles. The highest BCUT2D eigenvalue weighted by molar-refractivity contribution is 6.32. The minimum atomic E-state index is -0.584. The lowest BCUT2D eigenvalue weighted by atomic mass is 9.89. The number of benzene rings is 2. The first-order chi connectivity index (χ1) is 23.1. The van der Waals surface area contributed by atoms with Crippen LogP contribution in [0.5, 0.6) is 0 Å². The number of amides is 3. The summed E-state index contributed by atoms with van der Waals surface area (Å²) < 4.78 is 6.14. The Morgan fingerprint density at radius 2 is 1.88 bits per heavy atom. The van der Waals surface area contributed by atoms with Crippen LogP contribution >= 0.6 is 23.2 Å². The van der Waals surface area contributed by atoms with Crippen LogP contribution in [0.15, 0.2) is 60.9 Å². The summed E-state index contributed by atoms with van der Waals surface area (Å²) in [5.41, 5.74) is 3.67. The van der Waals surface area contributed by atoms with Gasteiger partial charge in [-0.3, -0.25) is 14.9 Å². The highest BCUT2D eigenvalue weighted by Gasteiger charge is 2.29. The van der Waals surface area contributed by atoms with Gasteiger partial charge in [0.05, 0.1) is 24.5 Å². The fraction of sp³-hybridized carbons (Fsp3) is 0.333. The van der Waals surface area contributed by atoms with E-state index >= 15 is 0 Å². The van der Waals surface area contributed by atoms with Gasteiger partial charge in [-0.25, -0.2) is 4.79 Å². The van der Waals surface area contributed by atoms with Gasteiger partial charge in [-0.2, -0.15) is 9.78 Å². The van der Waals surface area contributed by atoms with Crippen LogP contribution in [0.25, 0.3) is 22.9 Å². The molecule has 250 valence electrons. The number of ether oxygens (including phenoxy) is 1. The predicted molar refractivity (Wildman–Crippen MR) is 181 cm³/mol. The number of carbonyl (C=O) groups is 3. The van der Waals surface area contributed by atoms with Crippen molar-refractivity contribution < 1.29 is 19.1 Å². The number of aromatic nitrogens is 6. The molecule has 2 aromatic heterocycles. The van der Waals surface area contributed by atoms with Gasteiger partial charge in [-0.15, -0.1) is 10.2 Å². The van der Waals surface area contributed by atoms with Gasteiger partial charge >= 0.3 is 6.09 Å². The normalized spacial score (nSPS) is 15.4. The highest BCUT2D eigenvalue weighted by atomic mass is 35.5. The number of nitrogens with one attached hydrogen (secondary N) is 2. The summed E-state index contributed by atoms with van der Waals surface area (Å²) in [6, 6.07) is 13.4. The molecule has 0 spiro atoms. The molecule has 3 amide bonds. The summed E-state index contributed by atoms with van der Waals surface area (Å²) in [7, 11) is 1.29. The third-order valence-corrected chi connectivity index (χ3v) is 8.48. The van der Waals surface area contributed by atoms with Gasteiger partial charge in [0.25, 0.3) is 0 Å². The maximum Gasteiger partial charge on any atom is 0.411 e. The fourth-order valence-corrected chi connectivity index (χ4v) is 5.98. The van der Waals surface area contributed by atoms with Gasteiger partial charge in [0.15, 0.2) is 5.15 Å². The Bertz CT molecular complexity index is 1780. The van der Waals surface area contributed by atoms with Gasteiger partial charge in [-0.1, -0.05) is 49.2 Å². The maximum atomic E-state index is 13.5. The zero-order chi connectivity index (χ0) is 34.2. The summed E-state index contributed by atoms with van der Waals surface area (Å²) in [5, 5.41) is 26.3. The Hall–Kier alpha value is -4.88. The van der Waals surface area contributed by atoms with Crippen molar-refractivity contribution in [3.8, 4) is 16.8 Å². The average molecular weight is 693 g/mol. The van der Waals surface area contributed by atoms with E-state index in [1.807, 2.05) is 18.7 Å². The van der Waals surface area contributed by atoms with E-state index in [-0.39, 0.29) is 28.8 Å². The Labute approximate surface area is 287 Å². The number of likely N-dealkylation sites (tertiary alicyclic amines) is 1. The Kier molecular flexibility index (Phi) is 11.3. The largest absolute Gasteiger partial charge is 0.453 e. The van der Waals surface area contributed by atoms with Crippen molar-refractivity contribution in [2.45, 2.75) is 39.2 Å². The van der Waals surface area contributed by atoms with Crippen molar-refractivity contribution in [1.29, 1.82) is 0 Å². The van der Waals surface area contributed by atoms with E-state index in [2.05, 4.69) is 41.1 Å². The number of carbonyl (C=O) groups excluding carboxylic acids is 3. The molecular weight excluding hydrogens is 657 g/mol. The molecule has 0 bridgehead atoms. The van der Waals surface area contributed by atoms with Crippen molar-refractivity contribution in [2.24, 2.45) is 11.8 Å². The smallest absolute Gasteiger partial charge is 0.411 e. The lowest BCUT2D eigenvalue weighted by molar-refractivity contribution is -0.136. The molecule has 3 heterocycles. The van der Waals surface area contributed by atoms with Crippen molar-refractivity contribution >= 4 is 52.9 Å². The molecule has 0 radical (unpaired) electrons. The van der Waals surface area contributed by atoms with Crippen LogP contribution in [0, 0.1) is 11.8 Å². The molecule has 1 aliphatic heterocycles. The van der Waals surface area contributed by atoms with Crippen LogP contribution in [0.4, 0.5) is 10.5 Å². The Morgan fingerprint density at radius 3 is 2.58 bits per heavy atom. The van der Waals surface area contributed by atoms with E-state index in [0.29, 0.717) is 52.7 Å². The minimum absolute atomic E-state index is 0.104. The molecule has 15 heteroatoms. The second-order valence-corrected chi connectivity index (χ2v) is 12.5. The van der Waals surface area contributed by atoms with Crippen molar-refractivity contribution in [3.63, 3.8) is 0 Å². The van der Waals surface area contributed by atoms with Gasteiger partial charge in [-0.05, 0) is 83.6 Å². The number of halogens is 2. The summed E-state index contributed by atoms with van der Waals surface area (Å²) in [4.78, 5) is 39.8. The number of hydrogen-bond donors (Lipinski definition) is 2. The molecule has 2 atom stereocenters. The molecule has 1 aliphatic rings. The molecule has 5 rings (SSSR count). The topological polar surface area (TPSA) is 157 Å². The zero-order valence-corrected chi connectivity index (χ0v) is 28.1. The molecule has 48 heavy (non-hydrogen) atoms. The number of anilines is 1. The quantitative estimate of drug-likeness (QED) is 0.197. The second kappa shape index (κ2) is 15.8. The fourth-order valence-electron chi connectivity index (χ4n) is 5.60. The molecule has 1 saturated heterocycles. The SMILES string of the molecule is COC(=O)Nc1ccc(-c2cc(C(C[C@@H]3CCCN(C(=O)C(C)C)C3)NC(=O)C=Cc3cc(Cl)ccc3-n3cnnn3)nnc2Cl)cc1. The summed E-state index contributed by atoms with van der Waals surface area (Å²) in [6.45, 7) is 5.09. The van der Waals surface area contributed by atoms with E-state index in [9.17, 15) is 14.4 Å². The van der Waals surface area contributed by atoms with Crippen LogP contribution < -0.4 is 10.6 Å². The van der Waals surface area contributed by atoms with E-state index < -0.39 is 12.1 Å². The average Bonchev–Trinajstić information content (AvgIpc) is 3.62. The summed E-state index contributed by atoms with van der Waals surface area (Å²) in [6.07, 6.45) is 6.20. The van der Waals surface area contributed by atoms with E-state index in [1.54, 1.807) is 54.6 Å². The van der Waals surface area contributed by atoms with Crippen LogP contribution in [0.1, 0.15) is 50.4 Å². The van der Waals surface area contributed by atoms with Gasteiger partial charge in [0.1, 0.15) is 6.33 Å². The lowest BCUT2D eigenvalue weighted by Crippen LogP contribution is -2.43. The predicted octanol–water partition coefficient (Wildman–Crippen LogP) is 5.76. The molecular formula is C33H35Cl2N9O4. The van der Waals surface area contributed by atoms with Crippen molar-refractivity contribution in [2.75, 3.05) is 25.5 Å². The van der Waals surface area contributed by atoms with Crippen molar-refractivity contribution in [1.82, 2.24) is 40.6 Å². The van der Waals surface area contributed by atoms with Crippen LogP contribution in [-0.4, -0.2) is 73.4 Å². The summed E-state index contributed by atoms with van der Waals surface area (Å²) in [5.74, 6) is -0.250. The number of piperidine rings is 1. The Balaban J connectivity index is 1.42. The molecule has 4 aromatic rings. The first-order valence-corrected chi connectivity index (χ1v) is 16.2. The lowest BCUT2D eigenvalue weighted by Gasteiger charge is -2.35. The van der Waals surface area contributed by atoms with Crippen LogP contribution in [0.2, 0.25) is 10.2 Å². The summed E-state index contributed by atoms with van der Waals surface area (Å²) >= 11 is 12.8. The number of hydrogen-bond acceptors (Lipinski definition) is 9. The first-order valence-electron chi connectivity index (χ1n) is 15.4. The Morgan fingerprint density at radius 1 is 1.08 bits per heavy atom. The van der Waals surface area contributed by atoms with Gasteiger partial charge < -0.3 is 15.0 Å². The van der Waals surface area contributed by atoms with E-state index in [1.165, 1.54) is 24.2 Å². The number of rotatable bonds is 10. The van der Waals surface area contributed by atoms with Crippen LogP contribution in [0.3, 0.4) is 0 Å². The monoisotopic (exact) mass is 691 g/mol. The second-order valence-electron chi connectivity index (χ2n) is 11.7. The number of nitrogens with zero attached hydrogens (tertiary/aromatic N) is 7. The van der Waals surface area contributed by atoms with Crippen LogP contribution in [-0.2, 0) is 14.3 Å².